The summed E-state index contributed by atoms with van der Waals surface area (Å²) in [6, 6.07) is 13.9. The van der Waals surface area contributed by atoms with E-state index in [9.17, 15) is 10.4 Å². The van der Waals surface area contributed by atoms with Gasteiger partial charge in [0, 0.05) is 22.9 Å². The number of hydrogen-bond donors (Lipinski definition) is 2. The zero-order valence-electron chi connectivity index (χ0n) is 12.2. The Labute approximate surface area is 144 Å². The second-order valence-electron chi connectivity index (χ2n) is 5.53. The van der Waals surface area contributed by atoms with E-state index in [-0.39, 0.29) is 0 Å². The van der Waals surface area contributed by atoms with E-state index >= 15 is 0 Å². The average molecular weight is 351 g/mol. The summed E-state index contributed by atoms with van der Waals surface area (Å²) in [5.74, 6) is 0. The van der Waals surface area contributed by atoms with Crippen molar-refractivity contribution in [3.05, 3.63) is 69.7 Å². The fraction of sp³-hybridized carbons (Fsp3) is 0.235. The maximum atomic E-state index is 10.8. The maximum absolute atomic E-state index is 10.8. The number of hydrogen-bond acceptors (Lipinski definition) is 4. The molecule has 0 unspecified atom stereocenters. The molecule has 120 valence electrons. The molecule has 4 nitrogen and oxygen atoms in total. The lowest BCUT2D eigenvalue weighted by Crippen LogP contribution is -2.37. The van der Waals surface area contributed by atoms with Crippen LogP contribution in [-0.2, 0) is 0 Å². The Hall–Kier alpha value is -1.59. The molecule has 0 bridgehead atoms. The van der Waals surface area contributed by atoms with E-state index in [2.05, 4.69) is 5.16 Å². The van der Waals surface area contributed by atoms with Gasteiger partial charge in [-0.05, 0) is 23.3 Å². The minimum atomic E-state index is -0.398. The fourth-order valence-corrected chi connectivity index (χ4v) is 3.53. The minimum absolute atomic E-state index is 0.398. The van der Waals surface area contributed by atoms with Gasteiger partial charge in [0.25, 0.3) is 0 Å². The molecule has 23 heavy (non-hydrogen) atoms. The quantitative estimate of drug-likeness (QED) is 0.585. The van der Waals surface area contributed by atoms with Crippen LogP contribution < -0.4 is 0 Å². The topological polar surface area (TPSA) is 56.1 Å². The number of piperidine rings is 1. The summed E-state index contributed by atoms with van der Waals surface area (Å²) in [7, 11) is 0. The molecule has 0 saturated carbocycles. The number of hydroxylamine groups is 2. The fourth-order valence-electron chi connectivity index (χ4n) is 3.01. The largest absolute Gasteiger partial charge is 0.411 e. The van der Waals surface area contributed by atoms with Crippen LogP contribution in [0.25, 0.3) is 0 Å². The maximum Gasteiger partial charge on any atom is 0.0674 e. The molecule has 0 spiro atoms. The second-order valence-corrected chi connectivity index (χ2v) is 6.34. The standard InChI is InChI=1S/C17H16Cl2N2O2/c18-14-7-3-1-5-12(14)16-9-11(20-22)10-17(21(16)23)13-6-2-4-8-15(13)19/h1-8,16-17,22-23H,9-10H2/t16-,17-/m1/s1. The van der Waals surface area contributed by atoms with Crippen molar-refractivity contribution in [2.45, 2.75) is 24.9 Å². The van der Waals surface area contributed by atoms with Crippen LogP contribution >= 0.6 is 23.2 Å². The Morgan fingerprint density at radius 1 is 0.870 bits per heavy atom. The van der Waals surface area contributed by atoms with Crippen LogP contribution in [0.3, 0.4) is 0 Å². The van der Waals surface area contributed by atoms with Crippen molar-refractivity contribution in [3.63, 3.8) is 0 Å². The smallest absolute Gasteiger partial charge is 0.0674 e. The zero-order valence-corrected chi connectivity index (χ0v) is 13.7. The predicted molar refractivity (Wildman–Crippen MR) is 90.5 cm³/mol. The third-order valence-electron chi connectivity index (χ3n) is 4.17. The summed E-state index contributed by atoms with van der Waals surface area (Å²) >= 11 is 12.5. The van der Waals surface area contributed by atoms with Gasteiger partial charge in [-0.2, -0.15) is 5.06 Å². The minimum Gasteiger partial charge on any atom is -0.411 e. The lowest BCUT2D eigenvalue weighted by Gasteiger charge is -2.38. The van der Waals surface area contributed by atoms with Crippen LogP contribution in [0, 0.1) is 0 Å². The SMILES string of the molecule is ON=C1C[C@H](c2ccccc2Cl)N(O)[C@@H](c2ccccc2Cl)C1. The number of halogens is 2. The summed E-state index contributed by atoms with van der Waals surface area (Å²) in [6.45, 7) is 0. The van der Waals surface area contributed by atoms with Crippen molar-refractivity contribution in [2.24, 2.45) is 5.16 Å². The van der Waals surface area contributed by atoms with Crippen LogP contribution in [0.2, 0.25) is 10.0 Å². The van der Waals surface area contributed by atoms with Crippen molar-refractivity contribution < 1.29 is 10.4 Å². The molecule has 1 aliphatic rings. The molecule has 0 aliphatic carbocycles. The lowest BCUT2D eigenvalue weighted by atomic mass is 9.88. The number of oxime groups is 1. The van der Waals surface area contributed by atoms with Gasteiger partial charge in [0.1, 0.15) is 0 Å². The summed E-state index contributed by atoms with van der Waals surface area (Å²) in [5, 5.41) is 25.8. The summed E-state index contributed by atoms with van der Waals surface area (Å²) < 4.78 is 0. The van der Waals surface area contributed by atoms with Gasteiger partial charge < -0.3 is 10.4 Å². The van der Waals surface area contributed by atoms with Gasteiger partial charge in [0.2, 0.25) is 0 Å². The summed E-state index contributed by atoms with van der Waals surface area (Å²) in [5.41, 5.74) is 2.18. The highest BCUT2D eigenvalue weighted by molar-refractivity contribution is 6.31. The van der Waals surface area contributed by atoms with Crippen molar-refractivity contribution in [3.8, 4) is 0 Å². The van der Waals surface area contributed by atoms with Gasteiger partial charge >= 0.3 is 0 Å². The summed E-state index contributed by atoms with van der Waals surface area (Å²) in [4.78, 5) is 0. The summed E-state index contributed by atoms with van der Waals surface area (Å²) in [6.07, 6.45) is 0.801. The molecule has 0 radical (unpaired) electrons. The van der Waals surface area contributed by atoms with E-state index in [1.165, 1.54) is 5.06 Å². The molecule has 2 N–H and O–H groups in total. The van der Waals surface area contributed by atoms with Crippen molar-refractivity contribution in [1.29, 1.82) is 0 Å². The molecule has 0 amide bonds. The van der Waals surface area contributed by atoms with Crippen molar-refractivity contribution >= 4 is 28.9 Å². The van der Waals surface area contributed by atoms with Crippen LogP contribution in [0.1, 0.15) is 36.1 Å². The zero-order chi connectivity index (χ0) is 16.4. The molecule has 0 aromatic heterocycles. The monoisotopic (exact) mass is 350 g/mol. The van der Waals surface area contributed by atoms with E-state index in [0.717, 1.165) is 11.1 Å². The van der Waals surface area contributed by atoms with Gasteiger partial charge in [-0.3, -0.25) is 0 Å². The van der Waals surface area contributed by atoms with Crippen LogP contribution in [0.15, 0.2) is 53.7 Å². The van der Waals surface area contributed by atoms with Gasteiger partial charge in [0.15, 0.2) is 0 Å². The first-order valence-electron chi connectivity index (χ1n) is 7.27. The highest BCUT2D eigenvalue weighted by Crippen LogP contribution is 2.42. The Morgan fingerprint density at radius 2 is 1.30 bits per heavy atom. The molecule has 1 fully saturated rings. The Kier molecular flexibility index (Phi) is 4.87. The first-order valence-corrected chi connectivity index (χ1v) is 8.03. The Bertz CT molecular complexity index is 679. The lowest BCUT2D eigenvalue weighted by molar-refractivity contribution is -0.167. The molecule has 2 aromatic rings. The molecular weight excluding hydrogens is 335 g/mol. The molecular formula is C17H16Cl2N2O2. The number of nitrogens with zero attached hydrogens (tertiary/aromatic N) is 2. The Morgan fingerprint density at radius 3 is 1.70 bits per heavy atom. The third-order valence-corrected chi connectivity index (χ3v) is 4.85. The number of benzene rings is 2. The molecule has 2 atom stereocenters. The molecule has 1 aliphatic heterocycles. The molecule has 1 heterocycles. The molecule has 3 rings (SSSR count). The van der Waals surface area contributed by atoms with Crippen molar-refractivity contribution in [1.82, 2.24) is 5.06 Å². The normalized spacial score (nSPS) is 22.1. The van der Waals surface area contributed by atoms with Gasteiger partial charge in [-0.25, -0.2) is 0 Å². The molecule has 6 heteroatoms. The van der Waals surface area contributed by atoms with Crippen molar-refractivity contribution in [2.75, 3.05) is 0 Å². The molecule has 2 aromatic carbocycles. The van der Waals surface area contributed by atoms with E-state index in [1.807, 2.05) is 36.4 Å². The van der Waals surface area contributed by atoms with Gasteiger partial charge in [-0.1, -0.05) is 64.8 Å². The highest BCUT2D eigenvalue weighted by Gasteiger charge is 2.36. The van der Waals surface area contributed by atoms with E-state index in [0.29, 0.717) is 28.6 Å². The van der Waals surface area contributed by atoms with E-state index < -0.39 is 12.1 Å². The van der Waals surface area contributed by atoms with E-state index in [1.54, 1.807) is 12.1 Å². The van der Waals surface area contributed by atoms with Crippen LogP contribution in [0.4, 0.5) is 0 Å². The van der Waals surface area contributed by atoms with Crippen LogP contribution in [0.5, 0.6) is 0 Å². The highest BCUT2D eigenvalue weighted by atomic mass is 35.5. The van der Waals surface area contributed by atoms with Gasteiger partial charge in [0.05, 0.1) is 17.8 Å². The first kappa shape index (κ1) is 16.3. The number of rotatable bonds is 2. The molecule has 1 saturated heterocycles. The van der Waals surface area contributed by atoms with Gasteiger partial charge in [-0.15, -0.1) is 0 Å². The van der Waals surface area contributed by atoms with E-state index in [4.69, 9.17) is 23.2 Å². The average Bonchev–Trinajstić information content (AvgIpc) is 2.57. The first-order chi connectivity index (χ1) is 11.1. The Balaban J connectivity index is 2.02. The third kappa shape index (κ3) is 3.21. The second kappa shape index (κ2) is 6.89. The predicted octanol–water partition coefficient (Wildman–Crippen LogP) is 5.09. The van der Waals surface area contributed by atoms with Crippen LogP contribution in [-0.4, -0.2) is 21.2 Å².